The van der Waals surface area contributed by atoms with E-state index >= 15 is 0 Å². The molecule has 5 heteroatoms. The van der Waals surface area contributed by atoms with E-state index in [0.29, 0.717) is 24.2 Å². The second kappa shape index (κ2) is 8.44. The van der Waals surface area contributed by atoms with E-state index in [-0.39, 0.29) is 18.4 Å². The molecule has 0 aliphatic rings. The van der Waals surface area contributed by atoms with Crippen LogP contribution >= 0.6 is 0 Å². The monoisotopic (exact) mass is 340 g/mol. The van der Waals surface area contributed by atoms with Gasteiger partial charge in [-0.25, -0.2) is 0 Å². The summed E-state index contributed by atoms with van der Waals surface area (Å²) in [5.74, 6) is -0.310. The van der Waals surface area contributed by atoms with E-state index in [1.807, 2.05) is 44.2 Å². The smallest absolute Gasteiger partial charge is 0.251 e. The van der Waals surface area contributed by atoms with Crippen LogP contribution in [0.5, 0.6) is 0 Å². The summed E-state index contributed by atoms with van der Waals surface area (Å²) >= 11 is 0. The van der Waals surface area contributed by atoms with Gasteiger partial charge in [0.2, 0.25) is 5.91 Å². The molecule has 0 unspecified atom stereocenters. The van der Waals surface area contributed by atoms with Gasteiger partial charge >= 0.3 is 0 Å². The molecule has 25 heavy (non-hydrogen) atoms. The Morgan fingerprint density at radius 2 is 1.64 bits per heavy atom. The predicted molar refractivity (Wildman–Crippen MR) is 98.6 cm³/mol. The van der Waals surface area contributed by atoms with Gasteiger partial charge < -0.3 is 15.7 Å². The van der Waals surface area contributed by atoms with Gasteiger partial charge in [0.1, 0.15) is 0 Å². The lowest BCUT2D eigenvalue weighted by Gasteiger charge is -2.24. The average molecular weight is 340 g/mol. The van der Waals surface area contributed by atoms with Crippen LogP contribution in [-0.4, -0.2) is 30.1 Å². The summed E-state index contributed by atoms with van der Waals surface area (Å²) in [7, 11) is 0. The number of anilines is 1. The van der Waals surface area contributed by atoms with Gasteiger partial charge in [-0.05, 0) is 50.1 Å². The average Bonchev–Trinajstić information content (AvgIpc) is 2.63. The first kappa shape index (κ1) is 18.7. The van der Waals surface area contributed by atoms with Gasteiger partial charge in [-0.3, -0.25) is 9.59 Å². The molecule has 2 rings (SSSR count). The minimum Gasteiger partial charge on any atom is -0.396 e. The molecule has 2 aromatic rings. The summed E-state index contributed by atoms with van der Waals surface area (Å²) < 4.78 is 0. The molecule has 0 spiro atoms. The number of hydrogen-bond donors (Lipinski definition) is 3. The van der Waals surface area contributed by atoms with Crippen molar-refractivity contribution in [2.75, 3.05) is 18.5 Å². The van der Waals surface area contributed by atoms with Crippen LogP contribution in [0.15, 0.2) is 54.6 Å². The van der Waals surface area contributed by atoms with Crippen LogP contribution in [0, 0.1) is 0 Å². The molecule has 0 aliphatic heterocycles. The fourth-order valence-electron chi connectivity index (χ4n) is 2.36. The van der Waals surface area contributed by atoms with Crippen LogP contribution in [0.3, 0.4) is 0 Å². The van der Waals surface area contributed by atoms with Gasteiger partial charge in [0.05, 0.1) is 5.41 Å². The molecule has 0 saturated heterocycles. The maximum absolute atomic E-state index is 12.6. The van der Waals surface area contributed by atoms with Crippen molar-refractivity contribution in [1.29, 1.82) is 0 Å². The van der Waals surface area contributed by atoms with Crippen molar-refractivity contribution < 1.29 is 14.7 Å². The fraction of sp³-hybridized carbons (Fsp3) is 0.300. The Morgan fingerprint density at radius 1 is 1.00 bits per heavy atom. The van der Waals surface area contributed by atoms with Crippen molar-refractivity contribution in [3.8, 4) is 0 Å². The van der Waals surface area contributed by atoms with Crippen molar-refractivity contribution in [2.45, 2.75) is 25.7 Å². The Morgan fingerprint density at radius 3 is 2.24 bits per heavy atom. The summed E-state index contributed by atoms with van der Waals surface area (Å²) in [4.78, 5) is 24.5. The number of carbonyl (C=O) groups is 2. The molecule has 0 bridgehead atoms. The summed E-state index contributed by atoms with van der Waals surface area (Å²) in [5.41, 5.74) is 1.42. The van der Waals surface area contributed by atoms with Crippen LogP contribution < -0.4 is 10.6 Å². The lowest BCUT2D eigenvalue weighted by molar-refractivity contribution is -0.120. The third-order valence-electron chi connectivity index (χ3n) is 4.09. The van der Waals surface area contributed by atoms with Crippen LogP contribution in [0.4, 0.5) is 5.69 Å². The molecule has 3 N–H and O–H groups in total. The lowest BCUT2D eigenvalue weighted by atomic mass is 9.83. The maximum Gasteiger partial charge on any atom is 0.251 e. The largest absolute Gasteiger partial charge is 0.396 e. The van der Waals surface area contributed by atoms with Crippen LogP contribution in [-0.2, 0) is 10.2 Å². The zero-order valence-electron chi connectivity index (χ0n) is 14.6. The molecule has 2 amide bonds. The van der Waals surface area contributed by atoms with Crippen LogP contribution in [0.1, 0.15) is 36.2 Å². The number of nitrogens with one attached hydrogen (secondary N) is 2. The van der Waals surface area contributed by atoms with Crippen molar-refractivity contribution in [3.05, 3.63) is 65.7 Å². The second-order valence-corrected chi connectivity index (χ2v) is 6.36. The van der Waals surface area contributed by atoms with Crippen molar-refractivity contribution in [1.82, 2.24) is 5.32 Å². The highest BCUT2D eigenvalue weighted by Crippen LogP contribution is 2.25. The normalized spacial score (nSPS) is 11.0. The molecule has 2 aromatic carbocycles. The van der Waals surface area contributed by atoms with Gasteiger partial charge in [0, 0.05) is 24.4 Å². The molecule has 0 saturated carbocycles. The number of amides is 2. The van der Waals surface area contributed by atoms with Gasteiger partial charge in [-0.15, -0.1) is 0 Å². The summed E-state index contributed by atoms with van der Waals surface area (Å²) in [6, 6.07) is 16.3. The summed E-state index contributed by atoms with van der Waals surface area (Å²) in [5, 5.41) is 14.3. The second-order valence-electron chi connectivity index (χ2n) is 6.36. The van der Waals surface area contributed by atoms with E-state index in [2.05, 4.69) is 10.6 Å². The highest BCUT2D eigenvalue weighted by atomic mass is 16.3. The first-order valence-corrected chi connectivity index (χ1v) is 8.31. The highest BCUT2D eigenvalue weighted by Gasteiger charge is 2.29. The zero-order chi connectivity index (χ0) is 18.3. The molecule has 0 fully saturated rings. The number of aliphatic hydroxyl groups excluding tert-OH is 1. The summed E-state index contributed by atoms with van der Waals surface area (Å²) in [6.07, 6.45) is 0.522. The molecule has 0 heterocycles. The topological polar surface area (TPSA) is 78.4 Å². The number of rotatable bonds is 7. The molecule has 0 aromatic heterocycles. The van der Waals surface area contributed by atoms with E-state index < -0.39 is 5.41 Å². The van der Waals surface area contributed by atoms with E-state index in [4.69, 9.17) is 5.11 Å². The Bertz CT molecular complexity index is 709. The van der Waals surface area contributed by atoms with Crippen molar-refractivity contribution in [3.63, 3.8) is 0 Å². The van der Waals surface area contributed by atoms with Gasteiger partial charge in [0.15, 0.2) is 0 Å². The molecular formula is C20H24N2O3. The molecule has 5 nitrogen and oxygen atoms in total. The Balaban J connectivity index is 2.01. The van der Waals surface area contributed by atoms with E-state index in [9.17, 15) is 9.59 Å². The maximum atomic E-state index is 12.6. The molecular weight excluding hydrogens is 316 g/mol. The first-order chi connectivity index (χ1) is 11.9. The highest BCUT2D eigenvalue weighted by molar-refractivity contribution is 5.99. The minimum absolute atomic E-state index is 0.0441. The SMILES string of the molecule is CC(C)(C(=O)Nc1ccc(C(=O)NCCCO)cc1)c1ccccc1. The zero-order valence-corrected chi connectivity index (χ0v) is 14.6. The molecule has 0 aliphatic carbocycles. The number of hydrogen-bond acceptors (Lipinski definition) is 3. The molecule has 0 radical (unpaired) electrons. The Kier molecular flexibility index (Phi) is 6.31. The van der Waals surface area contributed by atoms with Crippen LogP contribution in [0.25, 0.3) is 0 Å². The quantitative estimate of drug-likeness (QED) is 0.678. The third kappa shape index (κ3) is 4.90. The number of carbonyl (C=O) groups excluding carboxylic acids is 2. The number of benzene rings is 2. The summed E-state index contributed by atoms with van der Waals surface area (Å²) in [6.45, 7) is 4.23. The predicted octanol–water partition coefficient (Wildman–Crippen LogP) is 2.72. The fourth-order valence-corrected chi connectivity index (χ4v) is 2.36. The molecule has 0 atom stereocenters. The standard InChI is InChI=1S/C20H24N2O3/c1-20(2,16-7-4-3-5-8-16)19(25)22-17-11-9-15(10-12-17)18(24)21-13-6-14-23/h3-5,7-12,23H,6,13-14H2,1-2H3,(H,21,24)(H,22,25). The van der Waals surface area contributed by atoms with Gasteiger partial charge in [-0.2, -0.15) is 0 Å². The van der Waals surface area contributed by atoms with Crippen molar-refractivity contribution >= 4 is 17.5 Å². The Hall–Kier alpha value is -2.66. The third-order valence-corrected chi connectivity index (χ3v) is 4.09. The van der Waals surface area contributed by atoms with Crippen molar-refractivity contribution in [2.24, 2.45) is 0 Å². The molecule has 132 valence electrons. The van der Waals surface area contributed by atoms with E-state index in [0.717, 1.165) is 5.56 Å². The van der Waals surface area contributed by atoms with Gasteiger partial charge in [-0.1, -0.05) is 30.3 Å². The van der Waals surface area contributed by atoms with E-state index in [1.165, 1.54) is 0 Å². The minimum atomic E-state index is -0.665. The lowest BCUT2D eigenvalue weighted by Crippen LogP contribution is -2.34. The van der Waals surface area contributed by atoms with E-state index in [1.54, 1.807) is 24.3 Å². The Labute approximate surface area is 148 Å². The van der Waals surface area contributed by atoms with Gasteiger partial charge in [0.25, 0.3) is 5.91 Å². The van der Waals surface area contributed by atoms with Crippen LogP contribution in [0.2, 0.25) is 0 Å². The number of aliphatic hydroxyl groups is 1. The first-order valence-electron chi connectivity index (χ1n) is 8.31.